The Morgan fingerprint density at radius 3 is 1.75 bits per heavy atom. The molecule has 1 N–H and O–H groups in total. The minimum absolute atomic E-state index is 0.335. The van der Waals surface area contributed by atoms with Gasteiger partial charge in [0.1, 0.15) is 0 Å². The molecule has 1 heteroatoms. The van der Waals surface area contributed by atoms with Gasteiger partial charge in [0.25, 0.3) is 0 Å². The number of nitrogens with one attached hydrogen (secondary N) is 1. The monoisotopic (exact) mass is 206 g/mol. The number of hydrogen-bond acceptors (Lipinski definition) is 0. The van der Waals surface area contributed by atoms with Crippen LogP contribution < -0.4 is 5.73 Å². The van der Waals surface area contributed by atoms with Crippen molar-refractivity contribution in [2.45, 2.75) is 6.54 Å². The van der Waals surface area contributed by atoms with Crippen molar-refractivity contribution in [1.82, 2.24) is 5.73 Å². The highest BCUT2D eigenvalue weighted by molar-refractivity contribution is 6.02. The van der Waals surface area contributed by atoms with Gasteiger partial charge < -0.3 is 0 Å². The Bertz CT molecular complexity index is 602. The van der Waals surface area contributed by atoms with E-state index in [1.54, 1.807) is 0 Å². The van der Waals surface area contributed by atoms with Gasteiger partial charge in [-0.1, -0.05) is 48.5 Å². The molecule has 0 heterocycles. The summed E-state index contributed by atoms with van der Waals surface area (Å²) in [5, 5.41) is 4.86. The fraction of sp³-hybridized carbons (Fsp3) is 0.0667. The summed E-state index contributed by atoms with van der Waals surface area (Å²) >= 11 is 0. The third-order valence-electron chi connectivity index (χ3n) is 3.06. The van der Waals surface area contributed by atoms with Gasteiger partial charge in [-0.15, -0.1) is 0 Å². The van der Waals surface area contributed by atoms with Crippen LogP contribution in [0.2, 0.25) is 0 Å². The first kappa shape index (κ1) is 9.37. The molecule has 1 nitrogen and oxygen atoms in total. The Morgan fingerprint density at radius 1 is 0.750 bits per heavy atom. The average molecular weight is 206 g/mol. The molecule has 0 atom stereocenters. The summed E-state index contributed by atoms with van der Waals surface area (Å²) < 4.78 is 0. The molecule has 3 rings (SSSR count). The minimum Gasteiger partial charge on any atom is -0.253 e. The maximum atomic E-state index is 7.71. The van der Waals surface area contributed by atoms with Crippen molar-refractivity contribution in [2.24, 2.45) is 0 Å². The number of benzene rings is 3. The molecule has 0 aromatic heterocycles. The molecule has 0 fully saturated rings. The van der Waals surface area contributed by atoms with Gasteiger partial charge in [0.2, 0.25) is 0 Å². The number of hydrogen-bond donors (Lipinski definition) is 0. The van der Waals surface area contributed by atoms with Crippen LogP contribution in [0.3, 0.4) is 0 Å². The van der Waals surface area contributed by atoms with E-state index in [9.17, 15) is 0 Å². The SMILES string of the molecule is [NH]Cc1c2ccccc2cc2ccccc12. The maximum absolute atomic E-state index is 7.71. The fourth-order valence-corrected chi connectivity index (χ4v) is 2.30. The molecule has 77 valence electrons. The van der Waals surface area contributed by atoms with Gasteiger partial charge in [-0.2, -0.15) is 0 Å². The smallest absolute Gasteiger partial charge is 0.0363 e. The molecule has 0 amide bonds. The molecule has 0 saturated carbocycles. The lowest BCUT2D eigenvalue weighted by atomic mass is 9.97. The second kappa shape index (κ2) is 3.62. The minimum atomic E-state index is 0.335. The Labute approximate surface area is 94.5 Å². The number of rotatable bonds is 1. The van der Waals surface area contributed by atoms with Crippen LogP contribution in [0.1, 0.15) is 5.56 Å². The van der Waals surface area contributed by atoms with E-state index >= 15 is 0 Å². The summed E-state index contributed by atoms with van der Waals surface area (Å²) in [7, 11) is 0. The van der Waals surface area contributed by atoms with Crippen LogP contribution in [0.5, 0.6) is 0 Å². The standard InChI is InChI=1S/C15H12N/c16-10-15-13-7-3-1-5-11(13)9-12-6-2-4-8-14(12)15/h1-9,16H,10H2. The topological polar surface area (TPSA) is 23.8 Å². The van der Waals surface area contributed by atoms with E-state index in [-0.39, 0.29) is 0 Å². The second-order valence-electron chi connectivity index (χ2n) is 3.97. The molecule has 0 aliphatic rings. The van der Waals surface area contributed by atoms with Crippen molar-refractivity contribution in [1.29, 1.82) is 0 Å². The van der Waals surface area contributed by atoms with Crippen molar-refractivity contribution >= 4 is 21.5 Å². The van der Waals surface area contributed by atoms with E-state index in [1.807, 2.05) is 24.3 Å². The lowest BCUT2D eigenvalue weighted by Gasteiger charge is -2.08. The van der Waals surface area contributed by atoms with Gasteiger partial charge in [0.05, 0.1) is 0 Å². The van der Waals surface area contributed by atoms with Gasteiger partial charge in [-0.05, 0) is 33.2 Å². The lowest BCUT2D eigenvalue weighted by Crippen LogP contribution is -1.90. The summed E-state index contributed by atoms with van der Waals surface area (Å²) in [6, 6.07) is 18.8. The molecule has 0 aliphatic carbocycles. The Hall–Kier alpha value is -1.86. The van der Waals surface area contributed by atoms with Crippen molar-refractivity contribution in [2.75, 3.05) is 0 Å². The average Bonchev–Trinajstić information content (AvgIpc) is 2.36. The highest BCUT2D eigenvalue weighted by atomic mass is 14.5. The molecular formula is C15H12N. The Kier molecular flexibility index (Phi) is 2.12. The van der Waals surface area contributed by atoms with Crippen molar-refractivity contribution in [3.63, 3.8) is 0 Å². The summed E-state index contributed by atoms with van der Waals surface area (Å²) in [6.45, 7) is 0.335. The molecule has 3 aromatic carbocycles. The molecule has 1 radical (unpaired) electrons. The third kappa shape index (κ3) is 1.29. The van der Waals surface area contributed by atoms with Gasteiger partial charge in [0, 0.05) is 6.54 Å². The first-order valence-electron chi connectivity index (χ1n) is 5.44. The first-order chi connectivity index (χ1) is 7.90. The largest absolute Gasteiger partial charge is 0.253 e. The molecule has 0 saturated heterocycles. The molecular weight excluding hydrogens is 194 g/mol. The zero-order chi connectivity index (χ0) is 11.0. The summed E-state index contributed by atoms with van der Waals surface area (Å²) in [6.07, 6.45) is 0. The zero-order valence-electron chi connectivity index (χ0n) is 8.90. The second-order valence-corrected chi connectivity index (χ2v) is 3.97. The van der Waals surface area contributed by atoms with Crippen LogP contribution in [-0.2, 0) is 6.54 Å². The van der Waals surface area contributed by atoms with Gasteiger partial charge in [-0.25, -0.2) is 0 Å². The third-order valence-corrected chi connectivity index (χ3v) is 3.06. The highest BCUT2D eigenvalue weighted by Crippen LogP contribution is 2.27. The lowest BCUT2D eigenvalue weighted by molar-refractivity contribution is 1.05. The summed E-state index contributed by atoms with van der Waals surface area (Å²) in [5.41, 5.74) is 8.84. The zero-order valence-corrected chi connectivity index (χ0v) is 8.90. The van der Waals surface area contributed by atoms with E-state index in [0.29, 0.717) is 6.54 Å². The van der Waals surface area contributed by atoms with E-state index in [2.05, 4.69) is 30.3 Å². The molecule has 0 aliphatic heterocycles. The Balaban J connectivity index is 2.56. The first-order valence-corrected chi connectivity index (χ1v) is 5.44. The molecule has 16 heavy (non-hydrogen) atoms. The molecule has 0 bridgehead atoms. The summed E-state index contributed by atoms with van der Waals surface area (Å²) in [5.74, 6) is 0. The van der Waals surface area contributed by atoms with Crippen LogP contribution in [-0.4, -0.2) is 0 Å². The predicted octanol–water partition coefficient (Wildman–Crippen LogP) is 3.78. The van der Waals surface area contributed by atoms with Gasteiger partial charge in [0.15, 0.2) is 0 Å². The van der Waals surface area contributed by atoms with Gasteiger partial charge in [-0.3, -0.25) is 5.73 Å². The van der Waals surface area contributed by atoms with Crippen LogP contribution in [0.4, 0.5) is 0 Å². The predicted molar refractivity (Wildman–Crippen MR) is 68.3 cm³/mol. The summed E-state index contributed by atoms with van der Waals surface area (Å²) in [4.78, 5) is 0. The molecule has 0 spiro atoms. The van der Waals surface area contributed by atoms with Gasteiger partial charge >= 0.3 is 0 Å². The van der Waals surface area contributed by atoms with Crippen molar-refractivity contribution in [3.05, 3.63) is 60.2 Å². The van der Waals surface area contributed by atoms with E-state index in [4.69, 9.17) is 5.73 Å². The van der Waals surface area contributed by atoms with Crippen LogP contribution >= 0.6 is 0 Å². The van der Waals surface area contributed by atoms with Crippen LogP contribution in [0, 0.1) is 0 Å². The van der Waals surface area contributed by atoms with Crippen molar-refractivity contribution in [3.8, 4) is 0 Å². The quantitative estimate of drug-likeness (QED) is 0.541. The highest BCUT2D eigenvalue weighted by Gasteiger charge is 2.04. The molecule has 0 unspecified atom stereocenters. The van der Waals surface area contributed by atoms with E-state index in [1.165, 1.54) is 21.5 Å². The molecule has 3 aromatic rings. The Morgan fingerprint density at radius 2 is 1.25 bits per heavy atom. The number of fused-ring (bicyclic) bond motifs is 2. The van der Waals surface area contributed by atoms with E-state index < -0.39 is 0 Å². The van der Waals surface area contributed by atoms with Crippen LogP contribution in [0.15, 0.2) is 54.6 Å². The van der Waals surface area contributed by atoms with E-state index in [0.717, 1.165) is 5.56 Å². The maximum Gasteiger partial charge on any atom is 0.0363 e. The normalized spacial score (nSPS) is 11.1. The van der Waals surface area contributed by atoms with Crippen molar-refractivity contribution < 1.29 is 0 Å². The fourth-order valence-electron chi connectivity index (χ4n) is 2.30. The van der Waals surface area contributed by atoms with Crippen LogP contribution in [0.25, 0.3) is 21.5 Å².